The number of ether oxygens (including phenoxy) is 1. The predicted molar refractivity (Wildman–Crippen MR) is 82.2 cm³/mol. The number of aryl methyl sites for hydroxylation is 1. The van der Waals surface area contributed by atoms with E-state index < -0.39 is 11.7 Å². The first kappa shape index (κ1) is 16.9. The molecule has 1 aromatic carbocycles. The molecule has 0 saturated heterocycles. The lowest BCUT2D eigenvalue weighted by molar-refractivity contribution is 0.0527. The first-order valence-corrected chi connectivity index (χ1v) is 7.39. The quantitative estimate of drug-likeness (QED) is 0.855. The first-order valence-electron chi connectivity index (χ1n) is 7.39. The van der Waals surface area contributed by atoms with Crippen molar-refractivity contribution in [3.8, 4) is 11.4 Å². The lowest BCUT2D eigenvalue weighted by Gasteiger charge is -2.19. The van der Waals surface area contributed by atoms with Crippen LogP contribution in [0.1, 0.15) is 33.1 Å². The van der Waals surface area contributed by atoms with E-state index in [1.807, 2.05) is 20.8 Å². The van der Waals surface area contributed by atoms with Gasteiger partial charge in [0.05, 0.1) is 0 Å². The molecule has 23 heavy (non-hydrogen) atoms. The van der Waals surface area contributed by atoms with Crippen molar-refractivity contribution in [1.29, 1.82) is 0 Å². The van der Waals surface area contributed by atoms with E-state index in [1.165, 1.54) is 12.1 Å². The predicted octanol–water partition coefficient (Wildman–Crippen LogP) is 3.33. The first-order chi connectivity index (χ1) is 10.8. The van der Waals surface area contributed by atoms with Crippen molar-refractivity contribution in [3.05, 3.63) is 36.0 Å². The van der Waals surface area contributed by atoms with Crippen LogP contribution < -0.4 is 5.32 Å². The molecular formula is C16H20FN3O3. The second-order valence-electron chi connectivity index (χ2n) is 6.05. The highest BCUT2D eigenvalue weighted by Crippen LogP contribution is 2.16. The zero-order valence-electron chi connectivity index (χ0n) is 13.4. The second-order valence-corrected chi connectivity index (χ2v) is 6.05. The van der Waals surface area contributed by atoms with E-state index in [0.29, 0.717) is 36.7 Å². The van der Waals surface area contributed by atoms with Gasteiger partial charge >= 0.3 is 6.09 Å². The van der Waals surface area contributed by atoms with Gasteiger partial charge in [0, 0.05) is 18.5 Å². The summed E-state index contributed by atoms with van der Waals surface area (Å²) in [6.07, 6.45) is 0.726. The van der Waals surface area contributed by atoms with Crippen LogP contribution in [-0.2, 0) is 11.2 Å². The molecule has 0 unspecified atom stereocenters. The molecule has 1 aromatic heterocycles. The van der Waals surface area contributed by atoms with Crippen molar-refractivity contribution in [2.45, 2.75) is 39.2 Å². The molecule has 7 heteroatoms. The summed E-state index contributed by atoms with van der Waals surface area (Å²) in [6, 6.07) is 5.87. The number of rotatable bonds is 5. The average Bonchev–Trinajstić information content (AvgIpc) is 2.91. The molecule has 6 nitrogen and oxygen atoms in total. The molecule has 1 amide bonds. The largest absolute Gasteiger partial charge is 0.444 e. The summed E-state index contributed by atoms with van der Waals surface area (Å²) in [5.74, 6) is 0.570. The van der Waals surface area contributed by atoms with E-state index in [0.717, 1.165) is 0 Å². The maximum atomic E-state index is 12.9. The normalized spacial score (nSPS) is 11.3. The van der Waals surface area contributed by atoms with Crippen LogP contribution in [0.4, 0.5) is 9.18 Å². The number of benzene rings is 1. The van der Waals surface area contributed by atoms with Crippen molar-refractivity contribution in [2.24, 2.45) is 0 Å². The summed E-state index contributed by atoms with van der Waals surface area (Å²) >= 11 is 0. The molecule has 1 heterocycles. The molecule has 1 N–H and O–H groups in total. The Hall–Kier alpha value is -2.44. The van der Waals surface area contributed by atoms with Gasteiger partial charge in [-0.1, -0.05) is 5.16 Å². The molecule has 0 aliphatic rings. The molecule has 0 aliphatic heterocycles. The number of hydrogen-bond acceptors (Lipinski definition) is 5. The van der Waals surface area contributed by atoms with Crippen LogP contribution in [0.25, 0.3) is 11.4 Å². The third-order valence-electron chi connectivity index (χ3n) is 2.81. The van der Waals surface area contributed by atoms with E-state index in [4.69, 9.17) is 9.26 Å². The van der Waals surface area contributed by atoms with E-state index in [1.54, 1.807) is 12.1 Å². The number of hydrogen-bond donors (Lipinski definition) is 1. The molecule has 2 aromatic rings. The van der Waals surface area contributed by atoms with Gasteiger partial charge in [-0.15, -0.1) is 0 Å². The summed E-state index contributed by atoms with van der Waals surface area (Å²) in [4.78, 5) is 15.7. The molecule has 0 bridgehead atoms. The van der Waals surface area contributed by atoms with Crippen molar-refractivity contribution in [1.82, 2.24) is 15.5 Å². The highest BCUT2D eigenvalue weighted by molar-refractivity contribution is 5.67. The SMILES string of the molecule is CC(C)(C)OC(=O)NCCCc1nc(-c2ccc(F)cc2)no1. The van der Waals surface area contributed by atoms with Crippen LogP contribution in [-0.4, -0.2) is 28.4 Å². The molecule has 0 atom stereocenters. The number of nitrogens with zero attached hydrogens (tertiary/aromatic N) is 2. The van der Waals surface area contributed by atoms with Crippen LogP contribution in [0, 0.1) is 5.82 Å². The molecule has 0 radical (unpaired) electrons. The van der Waals surface area contributed by atoms with E-state index in [-0.39, 0.29) is 5.82 Å². The van der Waals surface area contributed by atoms with Gasteiger partial charge in [-0.05, 0) is 51.5 Å². The van der Waals surface area contributed by atoms with Gasteiger partial charge in [0.25, 0.3) is 0 Å². The number of amides is 1. The molecule has 124 valence electrons. The zero-order chi connectivity index (χ0) is 16.9. The van der Waals surface area contributed by atoms with Gasteiger partial charge in [0.15, 0.2) is 0 Å². The number of carbonyl (C=O) groups is 1. The highest BCUT2D eigenvalue weighted by atomic mass is 19.1. The molecule has 0 saturated carbocycles. The van der Waals surface area contributed by atoms with Gasteiger partial charge < -0.3 is 14.6 Å². The van der Waals surface area contributed by atoms with E-state index >= 15 is 0 Å². The summed E-state index contributed by atoms with van der Waals surface area (Å²) in [5.41, 5.74) is 0.175. The van der Waals surface area contributed by atoms with Gasteiger partial charge in [-0.2, -0.15) is 4.98 Å². The minimum atomic E-state index is -0.513. The van der Waals surface area contributed by atoms with E-state index in [2.05, 4.69) is 15.5 Å². The molecular weight excluding hydrogens is 301 g/mol. The zero-order valence-corrected chi connectivity index (χ0v) is 13.4. The van der Waals surface area contributed by atoms with Gasteiger partial charge in [0.2, 0.25) is 11.7 Å². The van der Waals surface area contributed by atoms with Gasteiger partial charge in [-0.3, -0.25) is 0 Å². The minimum absolute atomic E-state index is 0.314. The van der Waals surface area contributed by atoms with Crippen molar-refractivity contribution >= 4 is 6.09 Å². The Labute approximate surface area is 134 Å². The maximum Gasteiger partial charge on any atom is 0.407 e. The Balaban J connectivity index is 1.77. The third kappa shape index (κ3) is 5.69. The summed E-state index contributed by atoms with van der Waals surface area (Å²) in [7, 11) is 0. The Kier molecular flexibility index (Phi) is 5.31. The fourth-order valence-electron chi connectivity index (χ4n) is 1.82. The number of carbonyl (C=O) groups excluding carboxylic acids is 1. The average molecular weight is 321 g/mol. The smallest absolute Gasteiger partial charge is 0.407 e. The maximum absolute atomic E-state index is 12.9. The second kappa shape index (κ2) is 7.21. The number of alkyl carbamates (subject to hydrolysis) is 1. The Morgan fingerprint density at radius 3 is 2.65 bits per heavy atom. The van der Waals surface area contributed by atoms with E-state index in [9.17, 15) is 9.18 Å². The van der Waals surface area contributed by atoms with Crippen molar-refractivity contribution < 1.29 is 18.4 Å². The van der Waals surface area contributed by atoms with Crippen LogP contribution in [0.3, 0.4) is 0 Å². The highest BCUT2D eigenvalue weighted by Gasteiger charge is 2.15. The Morgan fingerprint density at radius 2 is 2.00 bits per heavy atom. The van der Waals surface area contributed by atoms with Crippen molar-refractivity contribution in [2.75, 3.05) is 6.54 Å². The summed E-state index contributed by atoms with van der Waals surface area (Å²) in [6.45, 7) is 5.87. The topological polar surface area (TPSA) is 77.2 Å². The Morgan fingerprint density at radius 1 is 1.30 bits per heavy atom. The van der Waals surface area contributed by atoms with Crippen molar-refractivity contribution in [3.63, 3.8) is 0 Å². The van der Waals surface area contributed by atoms with Gasteiger partial charge in [-0.25, -0.2) is 9.18 Å². The van der Waals surface area contributed by atoms with Gasteiger partial charge in [0.1, 0.15) is 11.4 Å². The number of halogens is 1. The van der Waals surface area contributed by atoms with Crippen LogP contribution in [0.5, 0.6) is 0 Å². The van der Waals surface area contributed by atoms with Crippen LogP contribution >= 0.6 is 0 Å². The summed E-state index contributed by atoms with van der Waals surface area (Å²) < 4.78 is 23.1. The Bertz CT molecular complexity index is 647. The van der Waals surface area contributed by atoms with Crippen LogP contribution in [0.15, 0.2) is 28.8 Å². The molecule has 0 aliphatic carbocycles. The third-order valence-corrected chi connectivity index (χ3v) is 2.81. The molecule has 0 fully saturated rings. The number of nitrogens with one attached hydrogen (secondary N) is 1. The monoisotopic (exact) mass is 321 g/mol. The lowest BCUT2D eigenvalue weighted by Crippen LogP contribution is -2.33. The molecule has 0 spiro atoms. The standard InChI is InChI=1S/C16H20FN3O3/c1-16(2,3)22-15(21)18-10-4-5-13-19-14(20-23-13)11-6-8-12(17)9-7-11/h6-9H,4-5,10H2,1-3H3,(H,18,21). The molecule has 2 rings (SSSR count). The number of aromatic nitrogens is 2. The fourth-order valence-corrected chi connectivity index (χ4v) is 1.82. The fraction of sp³-hybridized carbons (Fsp3) is 0.438. The minimum Gasteiger partial charge on any atom is -0.444 e. The summed E-state index contributed by atoms with van der Waals surface area (Å²) in [5, 5.41) is 6.52. The lowest BCUT2D eigenvalue weighted by atomic mass is 10.2. The van der Waals surface area contributed by atoms with Crippen LogP contribution in [0.2, 0.25) is 0 Å².